The van der Waals surface area contributed by atoms with Crippen molar-refractivity contribution in [2.24, 2.45) is 11.3 Å². The van der Waals surface area contributed by atoms with E-state index in [4.69, 9.17) is 11.6 Å². The number of amides is 2. The topological polar surface area (TPSA) is 106 Å². The molecule has 0 spiro atoms. The highest BCUT2D eigenvalue weighted by Crippen LogP contribution is 2.41. The van der Waals surface area contributed by atoms with Gasteiger partial charge in [0.1, 0.15) is 5.92 Å². The van der Waals surface area contributed by atoms with Crippen LogP contribution in [0.3, 0.4) is 0 Å². The lowest BCUT2D eigenvalue weighted by atomic mass is 9.72. The van der Waals surface area contributed by atoms with Crippen LogP contribution in [0, 0.1) is 34.0 Å². The molecule has 1 aromatic carbocycles. The van der Waals surface area contributed by atoms with Crippen LogP contribution in [0.2, 0.25) is 5.02 Å². The number of hydrogen-bond donors (Lipinski definition) is 2. The Balaban J connectivity index is 2.03. The zero-order valence-corrected chi connectivity index (χ0v) is 15.9. The smallest absolute Gasteiger partial charge is 0.243 e. The molecule has 1 heterocycles. The van der Waals surface area contributed by atoms with Gasteiger partial charge in [0.25, 0.3) is 0 Å². The zero-order valence-electron chi connectivity index (χ0n) is 14.3. The maximum Gasteiger partial charge on any atom is 0.243 e. The van der Waals surface area contributed by atoms with Gasteiger partial charge in [-0.3, -0.25) is 9.59 Å². The van der Waals surface area contributed by atoms with Crippen molar-refractivity contribution >= 4 is 35.2 Å². The Labute approximate surface area is 161 Å². The van der Waals surface area contributed by atoms with Gasteiger partial charge in [-0.2, -0.15) is 10.5 Å². The highest BCUT2D eigenvalue weighted by Gasteiger charge is 2.44. The van der Waals surface area contributed by atoms with Crippen molar-refractivity contribution in [2.45, 2.75) is 20.4 Å². The van der Waals surface area contributed by atoms with Crippen LogP contribution < -0.4 is 10.6 Å². The number of allylic oxidation sites excluding steroid dienone is 1. The maximum atomic E-state index is 12.1. The van der Waals surface area contributed by atoms with Crippen LogP contribution in [0.4, 0.5) is 0 Å². The van der Waals surface area contributed by atoms with Gasteiger partial charge < -0.3 is 10.6 Å². The Bertz CT molecular complexity index is 851. The number of halogens is 1. The molecule has 134 valence electrons. The number of nitriles is 2. The molecule has 2 amide bonds. The Morgan fingerprint density at radius 3 is 2.69 bits per heavy atom. The summed E-state index contributed by atoms with van der Waals surface area (Å²) in [4.78, 5) is 24.2. The molecule has 1 aromatic rings. The summed E-state index contributed by atoms with van der Waals surface area (Å²) < 4.78 is 0. The highest BCUT2D eigenvalue weighted by molar-refractivity contribution is 8.03. The molecule has 0 radical (unpaired) electrons. The van der Waals surface area contributed by atoms with Crippen LogP contribution in [0.15, 0.2) is 34.9 Å². The van der Waals surface area contributed by atoms with Gasteiger partial charge in [-0.05, 0) is 11.6 Å². The standard InChI is InChI=1S/C18H17ClN4O2S/c1-18(2)12(7-20)16(25)23-17(13(18)8-21)26-10-15(24)22-9-11-5-3-4-6-14(11)19/h3-6,12H,9-10H2,1-2H3,(H,22,24)(H,23,25)/t12-/m0/s1. The van der Waals surface area contributed by atoms with Gasteiger partial charge in [-0.15, -0.1) is 0 Å². The van der Waals surface area contributed by atoms with Crippen molar-refractivity contribution in [3.63, 3.8) is 0 Å². The van der Waals surface area contributed by atoms with E-state index in [0.29, 0.717) is 15.6 Å². The number of hydrogen-bond acceptors (Lipinski definition) is 5. The molecule has 1 atom stereocenters. The van der Waals surface area contributed by atoms with Crippen molar-refractivity contribution in [1.29, 1.82) is 10.5 Å². The van der Waals surface area contributed by atoms with Crippen molar-refractivity contribution < 1.29 is 9.59 Å². The fourth-order valence-corrected chi connectivity index (χ4v) is 3.76. The number of thioether (sulfide) groups is 1. The summed E-state index contributed by atoms with van der Waals surface area (Å²) in [7, 11) is 0. The second kappa shape index (κ2) is 8.27. The van der Waals surface area contributed by atoms with Gasteiger partial charge in [0.05, 0.1) is 28.5 Å². The SMILES string of the molecule is CC1(C)C(C#N)=C(SCC(=O)NCc2ccccc2Cl)NC(=O)[C@@H]1C#N. The average molecular weight is 389 g/mol. The van der Waals surface area contributed by atoms with Gasteiger partial charge in [0, 0.05) is 17.0 Å². The molecule has 0 fully saturated rings. The first-order valence-electron chi connectivity index (χ1n) is 7.79. The van der Waals surface area contributed by atoms with Gasteiger partial charge in [0.15, 0.2) is 0 Å². The molecule has 2 rings (SSSR count). The van der Waals surface area contributed by atoms with Crippen LogP contribution in [-0.2, 0) is 16.1 Å². The number of rotatable bonds is 5. The molecule has 1 aliphatic rings. The van der Waals surface area contributed by atoms with Crippen LogP contribution in [0.5, 0.6) is 0 Å². The average Bonchev–Trinajstić information content (AvgIpc) is 2.58. The van der Waals surface area contributed by atoms with Crippen LogP contribution in [0.1, 0.15) is 19.4 Å². The van der Waals surface area contributed by atoms with E-state index >= 15 is 0 Å². The third-order valence-electron chi connectivity index (χ3n) is 4.11. The number of benzene rings is 1. The Morgan fingerprint density at radius 1 is 1.38 bits per heavy atom. The molecule has 26 heavy (non-hydrogen) atoms. The quantitative estimate of drug-likeness (QED) is 0.806. The number of carbonyl (C=O) groups excluding carboxylic acids is 2. The molecule has 6 nitrogen and oxygen atoms in total. The molecule has 0 aliphatic carbocycles. The fourth-order valence-electron chi connectivity index (χ4n) is 2.56. The fraction of sp³-hybridized carbons (Fsp3) is 0.333. The molecule has 0 aromatic heterocycles. The van der Waals surface area contributed by atoms with Crippen molar-refractivity contribution in [3.05, 3.63) is 45.5 Å². The third kappa shape index (κ3) is 4.19. The Kier molecular flexibility index (Phi) is 6.31. The van der Waals surface area contributed by atoms with E-state index in [0.717, 1.165) is 17.3 Å². The van der Waals surface area contributed by atoms with E-state index in [1.54, 1.807) is 26.0 Å². The van der Waals surface area contributed by atoms with Crippen LogP contribution in [-0.4, -0.2) is 17.6 Å². The molecule has 0 saturated heterocycles. The molecule has 0 unspecified atom stereocenters. The second-order valence-corrected chi connectivity index (χ2v) is 7.64. The Hall–Kier alpha value is -2.48. The Morgan fingerprint density at radius 2 is 2.08 bits per heavy atom. The minimum Gasteiger partial charge on any atom is -0.351 e. The first-order chi connectivity index (χ1) is 12.3. The predicted molar refractivity (Wildman–Crippen MR) is 99.4 cm³/mol. The van der Waals surface area contributed by atoms with Crippen LogP contribution in [0.25, 0.3) is 0 Å². The summed E-state index contributed by atoms with van der Waals surface area (Å²) in [6.07, 6.45) is 0. The molecule has 0 bridgehead atoms. The summed E-state index contributed by atoms with van der Waals surface area (Å²) in [5, 5.41) is 24.8. The molecule has 8 heteroatoms. The van der Waals surface area contributed by atoms with Crippen molar-refractivity contribution in [2.75, 3.05) is 5.75 Å². The van der Waals surface area contributed by atoms with Gasteiger partial charge in [-0.1, -0.05) is 55.4 Å². The summed E-state index contributed by atoms with van der Waals surface area (Å²) in [6, 6.07) is 11.2. The van der Waals surface area contributed by atoms with Gasteiger partial charge in [0.2, 0.25) is 11.8 Å². The summed E-state index contributed by atoms with van der Waals surface area (Å²) in [6.45, 7) is 3.64. The summed E-state index contributed by atoms with van der Waals surface area (Å²) in [5.41, 5.74) is 0.184. The molecule has 2 N–H and O–H groups in total. The predicted octanol–water partition coefficient (Wildman–Crippen LogP) is 2.72. The van der Waals surface area contributed by atoms with E-state index in [9.17, 15) is 20.1 Å². The number of carbonyl (C=O) groups is 2. The molecule has 1 aliphatic heterocycles. The van der Waals surface area contributed by atoms with E-state index in [-0.39, 0.29) is 18.2 Å². The monoisotopic (exact) mass is 388 g/mol. The normalized spacial score (nSPS) is 18.5. The van der Waals surface area contributed by atoms with Gasteiger partial charge in [-0.25, -0.2) is 0 Å². The lowest BCUT2D eigenvalue weighted by Gasteiger charge is -2.34. The summed E-state index contributed by atoms with van der Waals surface area (Å²) in [5.74, 6) is -1.64. The zero-order chi connectivity index (χ0) is 19.3. The van der Waals surface area contributed by atoms with E-state index in [1.807, 2.05) is 18.2 Å². The number of nitrogens with one attached hydrogen (secondary N) is 2. The lowest BCUT2D eigenvalue weighted by Crippen LogP contribution is -2.44. The molecular weight excluding hydrogens is 372 g/mol. The summed E-state index contributed by atoms with van der Waals surface area (Å²) >= 11 is 7.11. The van der Waals surface area contributed by atoms with Gasteiger partial charge >= 0.3 is 0 Å². The third-order valence-corrected chi connectivity index (χ3v) is 5.48. The van der Waals surface area contributed by atoms with E-state index in [1.165, 1.54) is 0 Å². The van der Waals surface area contributed by atoms with Crippen LogP contribution >= 0.6 is 23.4 Å². The minimum absolute atomic E-state index is 0.0263. The first-order valence-corrected chi connectivity index (χ1v) is 9.15. The van der Waals surface area contributed by atoms with E-state index < -0.39 is 17.2 Å². The minimum atomic E-state index is -0.949. The molecular formula is C18H17ClN4O2S. The second-order valence-electron chi connectivity index (χ2n) is 6.25. The maximum absolute atomic E-state index is 12.1. The van der Waals surface area contributed by atoms with E-state index in [2.05, 4.69) is 16.7 Å². The van der Waals surface area contributed by atoms with Crippen molar-refractivity contribution in [1.82, 2.24) is 10.6 Å². The first kappa shape index (κ1) is 19.8. The molecule has 0 saturated carbocycles. The van der Waals surface area contributed by atoms with Crippen molar-refractivity contribution in [3.8, 4) is 12.1 Å². The highest BCUT2D eigenvalue weighted by atomic mass is 35.5. The number of nitrogens with zero attached hydrogens (tertiary/aromatic N) is 2. The lowest BCUT2D eigenvalue weighted by molar-refractivity contribution is -0.125. The largest absolute Gasteiger partial charge is 0.351 e.